The highest BCUT2D eigenvalue weighted by atomic mass is 17.2. The summed E-state index contributed by atoms with van der Waals surface area (Å²) in [7, 11) is 0. The second-order valence-corrected chi connectivity index (χ2v) is 7.61. The molecule has 0 radical (unpaired) electrons. The van der Waals surface area contributed by atoms with Crippen LogP contribution in [0, 0.1) is 0 Å². The molecule has 0 fully saturated rings. The van der Waals surface area contributed by atoms with Crippen LogP contribution in [0.5, 0.6) is 5.75 Å². The Morgan fingerprint density at radius 1 is 1.03 bits per heavy atom. The van der Waals surface area contributed by atoms with Crippen LogP contribution in [0.1, 0.15) is 54.1 Å². The number of benzene rings is 2. The van der Waals surface area contributed by atoms with Gasteiger partial charge < -0.3 is 16.0 Å². The SMILES string of the molecule is CC(=O)OOc1ccc(Cc2nc(NC(=O)Nc3ccc(C(C)C)cc3)c(C(N)=O)[nH]2)cc1. The molecule has 10 nitrogen and oxygen atoms in total. The molecule has 172 valence electrons. The third kappa shape index (κ3) is 6.57. The number of carbonyl (C=O) groups excluding carboxylic acids is 3. The van der Waals surface area contributed by atoms with Gasteiger partial charge >= 0.3 is 12.0 Å². The molecule has 3 rings (SSSR count). The number of nitrogens with two attached hydrogens (primary N) is 1. The summed E-state index contributed by atoms with van der Waals surface area (Å²) in [4.78, 5) is 51.5. The fourth-order valence-electron chi connectivity index (χ4n) is 2.96. The molecule has 0 aliphatic rings. The lowest BCUT2D eigenvalue weighted by Crippen LogP contribution is -2.22. The zero-order valence-corrected chi connectivity index (χ0v) is 18.5. The first kappa shape index (κ1) is 23.3. The van der Waals surface area contributed by atoms with Crippen molar-refractivity contribution in [2.75, 3.05) is 10.6 Å². The number of carbonyl (C=O) groups is 3. The highest BCUT2D eigenvalue weighted by Crippen LogP contribution is 2.19. The summed E-state index contributed by atoms with van der Waals surface area (Å²) in [5.74, 6) is -0.129. The van der Waals surface area contributed by atoms with Crippen molar-refractivity contribution in [3.8, 4) is 5.75 Å². The van der Waals surface area contributed by atoms with Crippen LogP contribution in [0.25, 0.3) is 0 Å². The van der Waals surface area contributed by atoms with E-state index in [1.54, 1.807) is 36.4 Å². The summed E-state index contributed by atoms with van der Waals surface area (Å²) < 4.78 is 0. The normalized spacial score (nSPS) is 10.5. The van der Waals surface area contributed by atoms with Crippen LogP contribution in [0.15, 0.2) is 48.5 Å². The Kier molecular flexibility index (Phi) is 7.29. The minimum Gasteiger partial charge on any atom is -0.364 e. The van der Waals surface area contributed by atoms with Gasteiger partial charge in [0.05, 0.1) is 0 Å². The van der Waals surface area contributed by atoms with E-state index >= 15 is 0 Å². The average molecular weight is 451 g/mol. The van der Waals surface area contributed by atoms with Gasteiger partial charge in [-0.3, -0.25) is 19.9 Å². The fourth-order valence-corrected chi connectivity index (χ4v) is 2.96. The van der Waals surface area contributed by atoms with E-state index in [0.717, 1.165) is 11.1 Å². The van der Waals surface area contributed by atoms with Crippen LogP contribution < -0.4 is 21.3 Å². The van der Waals surface area contributed by atoms with Gasteiger partial charge in [0.15, 0.2) is 11.6 Å². The Balaban J connectivity index is 1.66. The Bertz CT molecular complexity index is 1140. The van der Waals surface area contributed by atoms with Crippen LogP contribution in [0.2, 0.25) is 0 Å². The molecule has 3 amide bonds. The number of rotatable bonds is 8. The number of hydrogen-bond acceptors (Lipinski definition) is 6. The monoisotopic (exact) mass is 451 g/mol. The summed E-state index contributed by atoms with van der Waals surface area (Å²) in [5.41, 5.74) is 8.01. The Morgan fingerprint density at radius 2 is 1.70 bits per heavy atom. The smallest absolute Gasteiger partial charge is 0.352 e. The Hall–Kier alpha value is -4.34. The predicted octanol–water partition coefficient (Wildman–Crippen LogP) is 3.72. The Morgan fingerprint density at radius 3 is 2.27 bits per heavy atom. The van der Waals surface area contributed by atoms with Crippen LogP contribution >= 0.6 is 0 Å². The third-order valence-electron chi connectivity index (χ3n) is 4.62. The van der Waals surface area contributed by atoms with Gasteiger partial charge in [-0.1, -0.05) is 38.1 Å². The summed E-state index contributed by atoms with van der Waals surface area (Å²) >= 11 is 0. The van der Waals surface area contributed by atoms with Gasteiger partial charge in [-0.2, -0.15) is 0 Å². The number of nitrogens with one attached hydrogen (secondary N) is 3. The van der Waals surface area contributed by atoms with Crippen molar-refractivity contribution in [2.24, 2.45) is 5.73 Å². The van der Waals surface area contributed by atoms with E-state index < -0.39 is 17.9 Å². The molecule has 2 aromatic carbocycles. The van der Waals surface area contributed by atoms with Gasteiger partial charge in [-0.25, -0.2) is 14.6 Å². The van der Waals surface area contributed by atoms with Crippen LogP contribution in [-0.4, -0.2) is 27.9 Å². The van der Waals surface area contributed by atoms with Crippen LogP contribution in [0.3, 0.4) is 0 Å². The maximum atomic E-state index is 12.4. The molecule has 3 aromatic rings. The largest absolute Gasteiger partial charge is 0.364 e. The van der Waals surface area contributed by atoms with E-state index in [0.29, 0.717) is 29.6 Å². The molecule has 0 aliphatic heterocycles. The lowest BCUT2D eigenvalue weighted by Gasteiger charge is -2.09. The number of aromatic amines is 1. The zero-order valence-electron chi connectivity index (χ0n) is 18.5. The number of imidazole rings is 1. The number of hydrogen-bond donors (Lipinski definition) is 4. The topological polar surface area (TPSA) is 148 Å². The first-order chi connectivity index (χ1) is 15.7. The summed E-state index contributed by atoms with van der Waals surface area (Å²) in [5, 5.41) is 5.26. The number of H-pyrrole nitrogens is 1. The second-order valence-electron chi connectivity index (χ2n) is 7.61. The molecule has 0 spiro atoms. The number of amides is 3. The first-order valence-corrected chi connectivity index (χ1v) is 10.2. The summed E-state index contributed by atoms with van der Waals surface area (Å²) in [6.07, 6.45) is 0.327. The fraction of sp³-hybridized carbons (Fsp3) is 0.217. The van der Waals surface area contributed by atoms with Crippen molar-refractivity contribution in [1.82, 2.24) is 9.97 Å². The molecule has 1 heterocycles. The lowest BCUT2D eigenvalue weighted by molar-refractivity contribution is -0.210. The predicted molar refractivity (Wildman–Crippen MR) is 122 cm³/mol. The summed E-state index contributed by atoms with van der Waals surface area (Å²) in [6, 6.07) is 13.6. The number of nitrogens with zero attached hydrogens (tertiary/aromatic N) is 1. The standard InChI is InChI=1S/C23H25N5O5/c1-13(2)16-6-8-17(9-7-16)25-23(31)28-22-20(21(24)30)26-19(27-22)12-15-4-10-18(11-5-15)33-32-14(3)29/h4-11,13H,12H2,1-3H3,(H2,24,30)(H,26,27)(H2,25,28,31). The molecule has 1 aromatic heterocycles. The highest BCUT2D eigenvalue weighted by molar-refractivity contribution is 6.04. The van der Waals surface area contributed by atoms with Gasteiger partial charge in [0.1, 0.15) is 11.5 Å². The molecule has 33 heavy (non-hydrogen) atoms. The molecule has 0 saturated carbocycles. The van der Waals surface area contributed by atoms with Crippen molar-refractivity contribution in [2.45, 2.75) is 33.1 Å². The maximum Gasteiger partial charge on any atom is 0.352 e. The molecular weight excluding hydrogens is 426 g/mol. The Labute approximate surface area is 190 Å². The lowest BCUT2D eigenvalue weighted by atomic mass is 10.0. The van der Waals surface area contributed by atoms with Crippen LogP contribution in [-0.2, 0) is 16.1 Å². The van der Waals surface area contributed by atoms with Gasteiger partial charge in [-0.15, -0.1) is 0 Å². The number of urea groups is 1. The minimum atomic E-state index is -0.754. The van der Waals surface area contributed by atoms with Crippen LogP contribution in [0.4, 0.5) is 16.3 Å². The maximum absolute atomic E-state index is 12.4. The zero-order chi connectivity index (χ0) is 24.0. The second kappa shape index (κ2) is 10.3. The van der Waals surface area contributed by atoms with Gasteiger partial charge in [0.25, 0.3) is 5.91 Å². The van der Waals surface area contributed by atoms with E-state index in [-0.39, 0.29) is 11.5 Å². The molecule has 5 N–H and O–H groups in total. The van der Waals surface area contributed by atoms with E-state index in [1.807, 2.05) is 12.1 Å². The molecule has 0 bridgehead atoms. The number of aromatic nitrogens is 2. The van der Waals surface area contributed by atoms with Gasteiger partial charge in [0.2, 0.25) is 0 Å². The van der Waals surface area contributed by atoms with Gasteiger partial charge in [-0.05, 0) is 41.3 Å². The first-order valence-electron chi connectivity index (χ1n) is 10.2. The van der Waals surface area contributed by atoms with Crippen molar-refractivity contribution in [1.29, 1.82) is 0 Å². The summed E-state index contributed by atoms with van der Waals surface area (Å²) in [6.45, 7) is 5.40. The molecule has 0 aliphatic carbocycles. The number of primary amides is 1. The van der Waals surface area contributed by atoms with E-state index in [2.05, 4.69) is 39.3 Å². The minimum absolute atomic E-state index is 0.00915. The molecule has 0 saturated heterocycles. The van der Waals surface area contributed by atoms with E-state index in [4.69, 9.17) is 10.6 Å². The highest BCUT2D eigenvalue weighted by Gasteiger charge is 2.17. The van der Waals surface area contributed by atoms with Crippen molar-refractivity contribution < 1.29 is 24.2 Å². The van der Waals surface area contributed by atoms with Crippen molar-refractivity contribution in [3.63, 3.8) is 0 Å². The molecule has 0 unspecified atom stereocenters. The molecule has 10 heteroatoms. The van der Waals surface area contributed by atoms with Gasteiger partial charge in [0, 0.05) is 19.0 Å². The van der Waals surface area contributed by atoms with Crippen molar-refractivity contribution >= 4 is 29.4 Å². The molecular formula is C23H25N5O5. The third-order valence-corrected chi connectivity index (χ3v) is 4.62. The quantitative estimate of drug-likeness (QED) is 0.303. The average Bonchev–Trinajstić information content (AvgIpc) is 3.15. The molecule has 0 atom stereocenters. The van der Waals surface area contributed by atoms with E-state index in [1.165, 1.54) is 6.92 Å². The van der Waals surface area contributed by atoms with Crippen molar-refractivity contribution in [3.05, 3.63) is 71.2 Å². The van der Waals surface area contributed by atoms with E-state index in [9.17, 15) is 14.4 Å². The number of anilines is 2.